The Morgan fingerprint density at radius 2 is 0.942 bits per heavy atom. The maximum Gasteiger partial charge on any atom is 0.327 e. The number of nitrogens with two attached hydrogens (primary N) is 2. The fraction of sp³-hybridized carbons (Fsp3) is 0.561. The number of carboxylic acid groups (broad SMARTS) is 4. The summed E-state index contributed by atoms with van der Waals surface area (Å²) < 4.78 is -1.48. The summed E-state index contributed by atoms with van der Waals surface area (Å²) in [4.78, 5) is 211. The second-order valence-electron chi connectivity index (χ2n) is 25.9. The molecule has 0 spiro atoms. The van der Waals surface area contributed by atoms with Gasteiger partial charge in [-0.05, 0) is 86.7 Å². The van der Waals surface area contributed by atoms with E-state index in [4.69, 9.17) is 11.5 Å². The van der Waals surface area contributed by atoms with E-state index in [0.29, 0.717) is 22.9 Å². The van der Waals surface area contributed by atoms with Crippen LogP contribution in [0.2, 0.25) is 0 Å². The molecule has 2 heterocycles. The first kappa shape index (κ1) is 85.8. The van der Waals surface area contributed by atoms with Crippen molar-refractivity contribution in [2.45, 2.75) is 197 Å². The Kier molecular flexibility index (Phi) is 34.1. The number of H-pyrrole nitrogens is 1. The summed E-state index contributed by atoms with van der Waals surface area (Å²) >= 11 is 0. The Hall–Kier alpha value is -9.59. The standard InChI is InChI=1S/C66H96N14O21S2/c1-9-32(5)51-62(97)70-39(17-13-14-22-67)54(89)71-41(24-35-28-69-38-16-12-11-15-37(35)38)58(93)78-50(31(3)4)61(96)76-45(29-81)60(95)80-52(33(6)10-2)63(98)74-40(23-34-18-20-36(82)21-19-34)55(90)72-42(25-47(83)84)57(92)77-46(65(100)101)30-102-103-66(7,8)53(68)64(99)75-43(26-48(85)86)56(91)73-44(27-49(87)88)59(94)79-51/h11-12,15-16,18-21,28,31-33,39-46,50-53,69,81-82H,9-10,13-14,17,22-27,29-30,67-68H2,1-8H3,(H,70,97)(H,71,89)(H,72,90)(H,73,91)(H,74,98)(H,75,99)(H,76,96)(H,77,92)(H,78,93)(H,79,94)(H,80,95)(H,83,84)(H,85,86)(H,87,88)(H,100,101)/t32-,33-,39-,40-,41-,42-,43-,44-,45-,46-,50-,51-,52-,53-/m0/s1. The zero-order valence-corrected chi connectivity index (χ0v) is 60.0. The molecule has 0 unspecified atom stereocenters. The van der Waals surface area contributed by atoms with Crippen LogP contribution < -0.4 is 70.0 Å². The normalized spacial score (nSPS) is 25.5. The molecule has 1 fully saturated rings. The van der Waals surface area contributed by atoms with Crippen molar-refractivity contribution in [2.75, 3.05) is 18.9 Å². The molecule has 0 saturated carbocycles. The van der Waals surface area contributed by atoms with Crippen LogP contribution in [0.15, 0.2) is 54.7 Å². The number of aromatic nitrogens is 1. The number of carboxylic acids is 4. The van der Waals surface area contributed by atoms with Crippen molar-refractivity contribution in [2.24, 2.45) is 29.2 Å². The van der Waals surface area contributed by atoms with Gasteiger partial charge in [-0.3, -0.25) is 67.1 Å². The minimum atomic E-state index is -2.08. The van der Waals surface area contributed by atoms with Crippen LogP contribution in [0.25, 0.3) is 10.9 Å². The van der Waals surface area contributed by atoms with E-state index in [2.05, 4.69) is 63.5 Å². The van der Waals surface area contributed by atoms with Gasteiger partial charge >= 0.3 is 23.9 Å². The lowest BCUT2D eigenvalue weighted by atomic mass is 9.96. The maximum absolute atomic E-state index is 14.9. The third-order valence-electron chi connectivity index (χ3n) is 17.2. The fourth-order valence-corrected chi connectivity index (χ4v) is 13.3. The van der Waals surface area contributed by atoms with E-state index < -0.39 is 222 Å². The summed E-state index contributed by atoms with van der Waals surface area (Å²) in [5.74, 6) is -22.4. The minimum Gasteiger partial charge on any atom is -0.508 e. The quantitative estimate of drug-likeness (QED) is 0.0400. The fourth-order valence-electron chi connectivity index (χ4n) is 10.5. The number of phenolic OH excluding ortho intramolecular Hbond substituents is 1. The zero-order valence-electron chi connectivity index (χ0n) is 58.3. The number of benzene rings is 2. The van der Waals surface area contributed by atoms with Crippen LogP contribution in [-0.4, -0.2) is 221 Å². The van der Waals surface area contributed by atoms with Gasteiger partial charge in [-0.1, -0.05) is 106 Å². The topological polar surface area (TPSA) is 578 Å². The van der Waals surface area contributed by atoms with Crippen molar-refractivity contribution in [3.05, 3.63) is 65.9 Å². The van der Waals surface area contributed by atoms with E-state index >= 15 is 0 Å². The number of carbonyl (C=O) groups excluding carboxylic acids is 11. The number of aliphatic hydroxyl groups is 1. The molecular weight excluding hydrogens is 1390 g/mol. The third kappa shape index (κ3) is 26.6. The number of rotatable bonds is 21. The highest BCUT2D eigenvalue weighted by Gasteiger charge is 2.41. The van der Waals surface area contributed by atoms with Gasteiger partial charge in [0.05, 0.1) is 31.9 Å². The Bertz CT molecular complexity index is 3520. The predicted molar refractivity (Wildman–Crippen MR) is 375 cm³/mol. The van der Waals surface area contributed by atoms with E-state index in [0.717, 1.165) is 21.6 Å². The van der Waals surface area contributed by atoms with Crippen molar-refractivity contribution in [1.82, 2.24) is 63.5 Å². The van der Waals surface area contributed by atoms with Gasteiger partial charge in [-0.25, -0.2) is 4.79 Å². The molecule has 103 heavy (non-hydrogen) atoms. The molecule has 35 nitrogen and oxygen atoms in total. The third-order valence-corrected chi connectivity index (χ3v) is 20.5. The van der Waals surface area contributed by atoms with Crippen LogP contribution in [0.5, 0.6) is 5.75 Å². The zero-order chi connectivity index (χ0) is 77.2. The van der Waals surface area contributed by atoms with Crippen molar-refractivity contribution in [1.29, 1.82) is 0 Å². The number of hydrogen-bond donors (Lipinski definition) is 20. The van der Waals surface area contributed by atoms with Crippen molar-refractivity contribution in [3.63, 3.8) is 0 Å². The molecule has 3 aromatic rings. The van der Waals surface area contributed by atoms with Crippen LogP contribution in [-0.2, 0) is 84.8 Å². The smallest absolute Gasteiger partial charge is 0.327 e. The molecule has 11 amide bonds. The Morgan fingerprint density at radius 3 is 1.45 bits per heavy atom. The molecule has 22 N–H and O–H groups in total. The Labute approximate surface area is 601 Å². The lowest BCUT2D eigenvalue weighted by Crippen LogP contribution is -2.63. The van der Waals surface area contributed by atoms with E-state index in [1.54, 1.807) is 51.2 Å². The van der Waals surface area contributed by atoms with Gasteiger partial charge in [-0.2, -0.15) is 0 Å². The summed E-state index contributed by atoms with van der Waals surface area (Å²) in [5, 5.41) is 88.1. The number of aromatic hydroxyl groups is 1. The molecule has 1 aliphatic heterocycles. The van der Waals surface area contributed by atoms with Gasteiger partial charge in [0.2, 0.25) is 65.0 Å². The Balaban J connectivity index is 1.89. The number of unbranched alkanes of at least 4 members (excludes halogenated alkanes) is 1. The van der Waals surface area contributed by atoms with Crippen LogP contribution in [0.3, 0.4) is 0 Å². The summed E-state index contributed by atoms with van der Waals surface area (Å²) in [6.07, 6.45) is -1.86. The molecule has 2 aromatic carbocycles. The van der Waals surface area contributed by atoms with E-state index in [-0.39, 0.29) is 50.0 Å². The number of fused-ring (bicyclic) bond motifs is 1. The highest BCUT2D eigenvalue weighted by Crippen LogP contribution is 2.38. The highest BCUT2D eigenvalue weighted by molar-refractivity contribution is 8.77. The SMILES string of the molecule is CC[C@H](C)[C@@H]1NC(=O)[C@H](CC(=O)O)NC(=O)[C@H](CC(=O)O)NC(=O)[C@H](N)C(C)(C)SSC[C@@H](C(=O)O)NC(=O)[C@H](CC(=O)O)NC(=O)[C@H](Cc2ccc(O)cc2)NC(=O)[C@H]([C@@H](C)CC)NC(=O)[C@H](CO)NC(=O)[C@H](C(C)C)NC(=O)[C@H](Cc2c[nH]c3ccccc23)NC(=O)[C@H](CCCCN)NC1=O. The molecule has 568 valence electrons. The number of carbonyl (C=O) groups is 15. The second-order valence-corrected chi connectivity index (χ2v) is 28.9. The molecule has 4 rings (SSSR count). The summed E-state index contributed by atoms with van der Waals surface area (Å²) in [6, 6.07) is -8.92. The molecule has 1 aromatic heterocycles. The van der Waals surface area contributed by atoms with E-state index in [9.17, 15) is 103 Å². The number of nitrogens with one attached hydrogen (secondary N) is 12. The van der Waals surface area contributed by atoms with Gasteiger partial charge in [0.1, 0.15) is 72.2 Å². The first-order valence-corrected chi connectivity index (χ1v) is 35.7. The van der Waals surface area contributed by atoms with Gasteiger partial charge in [0.25, 0.3) is 0 Å². The minimum absolute atomic E-state index is 0.124. The van der Waals surface area contributed by atoms with Gasteiger partial charge in [0.15, 0.2) is 0 Å². The van der Waals surface area contributed by atoms with E-state index in [1.165, 1.54) is 58.9 Å². The van der Waals surface area contributed by atoms with Gasteiger partial charge < -0.3 is 106 Å². The highest BCUT2D eigenvalue weighted by atomic mass is 33.1. The predicted octanol–water partition coefficient (Wildman–Crippen LogP) is -2.13. The Morgan fingerprint density at radius 1 is 0.524 bits per heavy atom. The summed E-state index contributed by atoms with van der Waals surface area (Å²) in [5.41, 5.74) is 13.6. The number of amides is 11. The summed E-state index contributed by atoms with van der Waals surface area (Å²) in [6.45, 7) is 11.2. The molecule has 0 radical (unpaired) electrons. The molecule has 0 bridgehead atoms. The van der Waals surface area contributed by atoms with Gasteiger partial charge in [0, 0.05) is 40.4 Å². The average molecular weight is 1490 g/mol. The molecule has 1 aliphatic rings. The molecule has 1 saturated heterocycles. The molecule has 0 aliphatic carbocycles. The van der Waals surface area contributed by atoms with Crippen LogP contribution in [0.4, 0.5) is 0 Å². The average Bonchev–Trinajstić information content (AvgIpc) is 1.79. The number of phenols is 1. The maximum atomic E-state index is 14.9. The van der Waals surface area contributed by atoms with Crippen molar-refractivity contribution in [3.8, 4) is 5.75 Å². The van der Waals surface area contributed by atoms with Crippen LogP contribution >= 0.6 is 21.6 Å². The second kappa shape index (κ2) is 40.9. The first-order chi connectivity index (χ1) is 48.4. The first-order valence-electron chi connectivity index (χ1n) is 33.4. The lowest BCUT2D eigenvalue weighted by molar-refractivity contribution is -0.143. The number of para-hydroxylation sites is 1. The number of aliphatic hydroxyl groups excluding tert-OH is 1. The monoisotopic (exact) mass is 1480 g/mol. The largest absolute Gasteiger partial charge is 0.508 e. The lowest BCUT2D eigenvalue weighted by Gasteiger charge is -2.31. The van der Waals surface area contributed by atoms with Crippen LogP contribution in [0.1, 0.15) is 118 Å². The number of hydrogen-bond acceptors (Lipinski definition) is 21. The van der Waals surface area contributed by atoms with E-state index in [1.807, 2.05) is 0 Å². The van der Waals surface area contributed by atoms with Crippen molar-refractivity contribution >= 4 is 121 Å². The molecular formula is C66H96N14O21S2. The molecule has 37 heteroatoms. The van der Waals surface area contributed by atoms with Gasteiger partial charge in [-0.15, -0.1) is 0 Å². The van der Waals surface area contributed by atoms with Crippen molar-refractivity contribution < 1.29 is 103 Å². The van der Waals surface area contributed by atoms with Crippen LogP contribution in [0, 0.1) is 17.8 Å². The summed E-state index contributed by atoms with van der Waals surface area (Å²) in [7, 11) is 1.49. The number of aromatic amines is 1. The molecule has 14 atom stereocenters. The number of aliphatic carboxylic acids is 4.